The molecule has 102 valence electrons. The molecule has 0 fully saturated rings. The molecule has 2 rings (SSSR count). The van der Waals surface area contributed by atoms with Crippen LogP contribution in [0.3, 0.4) is 0 Å². The van der Waals surface area contributed by atoms with E-state index in [1.54, 1.807) is 12.1 Å². The molecular formula is C13H14O5Se. The van der Waals surface area contributed by atoms with Crippen LogP contribution in [0.2, 0.25) is 0 Å². The quantitative estimate of drug-likeness (QED) is 0.569. The Bertz CT molecular complexity index is 598. The topological polar surface area (TPSA) is 69.7 Å². The third-order valence-corrected chi connectivity index (χ3v) is 5.16. The average Bonchev–Trinajstić information content (AvgIpc) is 2.62. The normalized spacial score (nSPS) is 17.9. The van der Waals surface area contributed by atoms with Gasteiger partial charge in [-0.2, -0.15) is 0 Å². The number of esters is 1. The van der Waals surface area contributed by atoms with Crippen LogP contribution in [-0.2, 0) is 17.8 Å². The van der Waals surface area contributed by atoms with Gasteiger partial charge in [-0.05, 0) is 0 Å². The van der Waals surface area contributed by atoms with E-state index in [9.17, 15) is 13.4 Å². The predicted octanol–water partition coefficient (Wildman–Crippen LogP) is 1.07. The Balaban J connectivity index is 2.75. The van der Waals surface area contributed by atoms with E-state index in [1.807, 2.05) is 20.8 Å². The standard InChI is InChI=1S/C13H14O5Se/c1-13(2,3)7-5-8(11(14)17-4)10-9(6-7)12(15)18-19(10)16/h5-6H,1-4H3. The molecule has 5 nitrogen and oxygen atoms in total. The van der Waals surface area contributed by atoms with Crippen LogP contribution in [0, 0.1) is 0 Å². The Hall–Kier alpha value is -1.52. The molecule has 1 aromatic rings. The molecule has 1 aliphatic heterocycles. The molecule has 0 aliphatic carbocycles. The minimum atomic E-state index is -2.95. The third-order valence-electron chi connectivity index (χ3n) is 2.90. The van der Waals surface area contributed by atoms with Crippen LogP contribution in [-0.4, -0.2) is 33.2 Å². The molecule has 0 aromatic heterocycles. The Morgan fingerprint density at radius 3 is 2.47 bits per heavy atom. The summed E-state index contributed by atoms with van der Waals surface area (Å²) >= 11 is -2.95. The molecule has 0 saturated heterocycles. The molecule has 1 aromatic carbocycles. The van der Waals surface area contributed by atoms with Gasteiger partial charge in [-0.15, -0.1) is 0 Å². The molecule has 0 saturated carbocycles. The van der Waals surface area contributed by atoms with Gasteiger partial charge >= 0.3 is 115 Å². The second-order valence-corrected chi connectivity index (χ2v) is 7.44. The van der Waals surface area contributed by atoms with E-state index in [0.717, 1.165) is 5.56 Å². The summed E-state index contributed by atoms with van der Waals surface area (Å²) in [5.74, 6) is -1.24. The molecule has 6 heteroatoms. The first-order valence-electron chi connectivity index (χ1n) is 5.67. The fourth-order valence-corrected chi connectivity index (χ4v) is 3.81. The molecule has 0 spiro atoms. The SMILES string of the molecule is COC(=O)c1cc(C(C)(C)C)cc2c1[Se](=O)OC2=O. The summed E-state index contributed by atoms with van der Waals surface area (Å²) in [6.07, 6.45) is 0. The molecule has 1 heterocycles. The van der Waals surface area contributed by atoms with Gasteiger partial charge in [0.15, 0.2) is 0 Å². The first-order chi connectivity index (χ1) is 8.75. The van der Waals surface area contributed by atoms with Crippen LogP contribution in [0.5, 0.6) is 0 Å². The van der Waals surface area contributed by atoms with Gasteiger partial charge in [0.25, 0.3) is 0 Å². The van der Waals surface area contributed by atoms with Crippen molar-refractivity contribution in [2.45, 2.75) is 26.2 Å². The zero-order valence-corrected chi connectivity index (χ0v) is 12.8. The fraction of sp³-hybridized carbons (Fsp3) is 0.385. The van der Waals surface area contributed by atoms with Crippen molar-refractivity contribution >= 4 is 30.6 Å². The Kier molecular flexibility index (Phi) is 3.32. The molecular weight excluding hydrogens is 315 g/mol. The fourth-order valence-electron chi connectivity index (χ4n) is 1.81. The zero-order chi connectivity index (χ0) is 14.4. The zero-order valence-electron chi connectivity index (χ0n) is 11.1. The number of hydrogen-bond donors (Lipinski definition) is 0. The second-order valence-electron chi connectivity index (χ2n) is 5.25. The number of benzene rings is 1. The number of fused-ring (bicyclic) bond motifs is 1. The molecule has 0 radical (unpaired) electrons. The number of carbonyl (C=O) groups excluding carboxylic acids is 2. The van der Waals surface area contributed by atoms with Gasteiger partial charge < -0.3 is 0 Å². The van der Waals surface area contributed by atoms with Crippen molar-refractivity contribution in [3.05, 3.63) is 28.8 Å². The molecule has 0 bridgehead atoms. The summed E-state index contributed by atoms with van der Waals surface area (Å²) in [4.78, 5) is 23.5. The maximum absolute atomic E-state index is 11.8. The Morgan fingerprint density at radius 2 is 1.95 bits per heavy atom. The van der Waals surface area contributed by atoms with Crippen LogP contribution >= 0.6 is 0 Å². The van der Waals surface area contributed by atoms with Crippen LogP contribution < -0.4 is 4.46 Å². The van der Waals surface area contributed by atoms with Crippen molar-refractivity contribution in [3.8, 4) is 0 Å². The number of carbonyl (C=O) groups is 2. The van der Waals surface area contributed by atoms with Crippen molar-refractivity contribution < 1.29 is 22.0 Å². The summed E-state index contributed by atoms with van der Waals surface area (Å²) in [5.41, 5.74) is 0.923. The first-order valence-corrected chi connectivity index (χ1v) is 7.92. The van der Waals surface area contributed by atoms with Crippen molar-refractivity contribution in [1.82, 2.24) is 0 Å². The van der Waals surface area contributed by atoms with E-state index in [-0.39, 0.29) is 21.0 Å². The summed E-state index contributed by atoms with van der Waals surface area (Å²) < 4.78 is 21.5. The number of methoxy groups -OCH3 is 1. The van der Waals surface area contributed by atoms with Crippen molar-refractivity contribution in [2.24, 2.45) is 0 Å². The molecule has 1 atom stereocenters. The monoisotopic (exact) mass is 330 g/mol. The average molecular weight is 329 g/mol. The van der Waals surface area contributed by atoms with Gasteiger partial charge in [0.2, 0.25) is 0 Å². The summed E-state index contributed by atoms with van der Waals surface area (Å²) in [7, 11) is 1.25. The van der Waals surface area contributed by atoms with Gasteiger partial charge in [-0.25, -0.2) is 0 Å². The third kappa shape index (κ3) is 2.33. The number of rotatable bonds is 1. The van der Waals surface area contributed by atoms with E-state index in [1.165, 1.54) is 7.11 Å². The summed E-state index contributed by atoms with van der Waals surface area (Å²) in [6.45, 7) is 5.88. The molecule has 0 amide bonds. The Morgan fingerprint density at radius 1 is 1.32 bits per heavy atom. The van der Waals surface area contributed by atoms with Crippen LogP contribution in [0.1, 0.15) is 47.1 Å². The van der Waals surface area contributed by atoms with E-state index in [2.05, 4.69) is 4.74 Å². The Labute approximate surface area is 115 Å². The first kappa shape index (κ1) is 13.9. The van der Waals surface area contributed by atoms with Gasteiger partial charge in [0.05, 0.1) is 0 Å². The van der Waals surface area contributed by atoms with Crippen LogP contribution in [0.15, 0.2) is 12.1 Å². The van der Waals surface area contributed by atoms with E-state index in [4.69, 9.17) is 3.82 Å². The molecule has 19 heavy (non-hydrogen) atoms. The predicted molar refractivity (Wildman–Crippen MR) is 68.0 cm³/mol. The van der Waals surface area contributed by atoms with E-state index in [0.29, 0.717) is 0 Å². The maximum atomic E-state index is 11.8. The number of ether oxygens (including phenoxy) is 1. The number of hydrogen-bond acceptors (Lipinski definition) is 5. The van der Waals surface area contributed by atoms with Crippen molar-refractivity contribution in [3.63, 3.8) is 0 Å². The van der Waals surface area contributed by atoms with Crippen LogP contribution in [0.25, 0.3) is 0 Å². The van der Waals surface area contributed by atoms with Gasteiger partial charge in [0.1, 0.15) is 0 Å². The minimum absolute atomic E-state index is 0.163. The van der Waals surface area contributed by atoms with Crippen LogP contribution in [0.4, 0.5) is 0 Å². The van der Waals surface area contributed by atoms with E-state index < -0.39 is 26.1 Å². The van der Waals surface area contributed by atoms with Crippen molar-refractivity contribution in [1.29, 1.82) is 0 Å². The second kappa shape index (κ2) is 4.54. The van der Waals surface area contributed by atoms with E-state index >= 15 is 0 Å². The van der Waals surface area contributed by atoms with Gasteiger partial charge in [-0.1, -0.05) is 0 Å². The van der Waals surface area contributed by atoms with Crippen molar-refractivity contribution in [2.75, 3.05) is 7.11 Å². The van der Waals surface area contributed by atoms with Gasteiger partial charge in [0, 0.05) is 0 Å². The molecule has 1 aliphatic rings. The molecule has 0 N–H and O–H groups in total. The summed E-state index contributed by atoms with van der Waals surface area (Å²) in [5, 5.41) is 0. The molecule has 1 unspecified atom stereocenters. The van der Waals surface area contributed by atoms with Gasteiger partial charge in [-0.3, -0.25) is 0 Å². The summed E-state index contributed by atoms with van der Waals surface area (Å²) in [6, 6.07) is 3.27.